The SMILES string of the molecule is COc1ccnc(C(=O)N[C@@H](C)C(=O)OC2Cc3ccccc3C2c2ccccc2)c1OC(=O)CCSC. The fourth-order valence-electron chi connectivity index (χ4n) is 4.50. The second-order valence-electron chi connectivity index (χ2n) is 8.87. The molecule has 198 valence electrons. The van der Waals surface area contributed by atoms with Crippen molar-refractivity contribution < 1.29 is 28.6 Å². The molecule has 0 radical (unpaired) electrons. The lowest BCUT2D eigenvalue weighted by Gasteiger charge is -2.23. The third-order valence-corrected chi connectivity index (χ3v) is 6.95. The van der Waals surface area contributed by atoms with E-state index in [1.165, 1.54) is 31.1 Å². The summed E-state index contributed by atoms with van der Waals surface area (Å²) in [6.45, 7) is 1.55. The Morgan fingerprint density at radius 1 is 1.08 bits per heavy atom. The highest BCUT2D eigenvalue weighted by Crippen LogP contribution is 2.40. The zero-order chi connectivity index (χ0) is 27.1. The van der Waals surface area contributed by atoms with Crippen molar-refractivity contribution in [1.82, 2.24) is 10.3 Å². The van der Waals surface area contributed by atoms with Crippen molar-refractivity contribution in [2.75, 3.05) is 19.1 Å². The number of ether oxygens (including phenoxy) is 3. The van der Waals surface area contributed by atoms with Crippen molar-refractivity contribution in [3.63, 3.8) is 0 Å². The predicted octanol–water partition coefficient (Wildman–Crippen LogP) is 4.17. The number of methoxy groups -OCH3 is 1. The molecule has 1 amide bonds. The number of benzene rings is 2. The Bertz CT molecular complexity index is 1300. The first-order valence-corrected chi connectivity index (χ1v) is 13.7. The van der Waals surface area contributed by atoms with Gasteiger partial charge in [0.1, 0.15) is 12.1 Å². The summed E-state index contributed by atoms with van der Waals surface area (Å²) < 4.78 is 16.7. The molecule has 1 aliphatic rings. The smallest absolute Gasteiger partial charge is 0.328 e. The fraction of sp³-hybridized carbons (Fsp3) is 0.310. The van der Waals surface area contributed by atoms with Crippen LogP contribution in [0.2, 0.25) is 0 Å². The van der Waals surface area contributed by atoms with Gasteiger partial charge in [-0.15, -0.1) is 0 Å². The van der Waals surface area contributed by atoms with Crippen LogP contribution in [0.25, 0.3) is 0 Å². The first-order chi connectivity index (χ1) is 18.4. The van der Waals surface area contributed by atoms with Gasteiger partial charge >= 0.3 is 11.9 Å². The number of amides is 1. The van der Waals surface area contributed by atoms with Crippen molar-refractivity contribution in [3.05, 3.63) is 89.2 Å². The van der Waals surface area contributed by atoms with Crippen LogP contribution in [0.4, 0.5) is 0 Å². The molecule has 0 saturated carbocycles. The van der Waals surface area contributed by atoms with Gasteiger partial charge in [-0.1, -0.05) is 54.6 Å². The maximum atomic E-state index is 13.1. The van der Waals surface area contributed by atoms with Crippen molar-refractivity contribution in [2.45, 2.75) is 37.8 Å². The first kappa shape index (κ1) is 27.2. The Labute approximate surface area is 226 Å². The van der Waals surface area contributed by atoms with E-state index in [2.05, 4.69) is 16.4 Å². The molecule has 38 heavy (non-hydrogen) atoms. The van der Waals surface area contributed by atoms with Crippen LogP contribution in [0.3, 0.4) is 0 Å². The van der Waals surface area contributed by atoms with E-state index < -0.39 is 30.0 Å². The Morgan fingerprint density at radius 3 is 2.55 bits per heavy atom. The van der Waals surface area contributed by atoms with Crippen LogP contribution in [-0.2, 0) is 20.7 Å². The number of aromatic nitrogens is 1. The van der Waals surface area contributed by atoms with Gasteiger partial charge in [0, 0.05) is 30.4 Å². The zero-order valence-electron chi connectivity index (χ0n) is 21.5. The number of pyridine rings is 1. The van der Waals surface area contributed by atoms with Crippen LogP contribution in [0.5, 0.6) is 11.5 Å². The average Bonchev–Trinajstić information content (AvgIpc) is 3.30. The van der Waals surface area contributed by atoms with Gasteiger partial charge in [0.2, 0.25) is 5.75 Å². The first-order valence-electron chi connectivity index (χ1n) is 12.3. The molecule has 0 saturated heterocycles. The van der Waals surface area contributed by atoms with Gasteiger partial charge in [-0.2, -0.15) is 11.8 Å². The van der Waals surface area contributed by atoms with E-state index in [4.69, 9.17) is 14.2 Å². The van der Waals surface area contributed by atoms with Gasteiger partial charge in [0.05, 0.1) is 13.5 Å². The fourth-order valence-corrected chi connectivity index (χ4v) is 4.87. The number of thioether (sulfide) groups is 1. The molecule has 1 aliphatic carbocycles. The van der Waals surface area contributed by atoms with Gasteiger partial charge in [-0.3, -0.25) is 9.59 Å². The highest BCUT2D eigenvalue weighted by atomic mass is 32.2. The maximum Gasteiger partial charge on any atom is 0.328 e. The van der Waals surface area contributed by atoms with E-state index in [1.54, 1.807) is 6.92 Å². The van der Waals surface area contributed by atoms with E-state index in [0.29, 0.717) is 12.2 Å². The monoisotopic (exact) mass is 534 g/mol. The Morgan fingerprint density at radius 2 is 1.82 bits per heavy atom. The summed E-state index contributed by atoms with van der Waals surface area (Å²) in [6, 6.07) is 18.5. The Kier molecular flexibility index (Phi) is 9.02. The quantitative estimate of drug-likeness (QED) is 0.387. The highest BCUT2D eigenvalue weighted by Gasteiger charge is 2.37. The zero-order valence-corrected chi connectivity index (χ0v) is 22.3. The van der Waals surface area contributed by atoms with E-state index in [-0.39, 0.29) is 29.5 Å². The van der Waals surface area contributed by atoms with E-state index >= 15 is 0 Å². The molecule has 1 aromatic heterocycles. The lowest BCUT2D eigenvalue weighted by molar-refractivity contribution is -0.151. The molecule has 4 rings (SSSR count). The van der Waals surface area contributed by atoms with E-state index in [9.17, 15) is 14.4 Å². The molecule has 0 aliphatic heterocycles. The number of esters is 2. The number of hydrogen-bond donors (Lipinski definition) is 1. The number of carbonyl (C=O) groups excluding carboxylic acids is 3. The molecule has 3 aromatic rings. The largest absolute Gasteiger partial charge is 0.493 e. The van der Waals surface area contributed by atoms with Gasteiger partial charge in [0.15, 0.2) is 11.4 Å². The van der Waals surface area contributed by atoms with Crippen LogP contribution in [0.15, 0.2) is 66.9 Å². The number of nitrogens with zero attached hydrogens (tertiary/aromatic N) is 1. The lowest BCUT2D eigenvalue weighted by atomic mass is 9.91. The normalized spacial score (nSPS) is 16.7. The predicted molar refractivity (Wildman–Crippen MR) is 145 cm³/mol. The maximum absolute atomic E-state index is 13.1. The lowest BCUT2D eigenvalue weighted by Crippen LogP contribution is -2.42. The van der Waals surface area contributed by atoms with Crippen molar-refractivity contribution in [2.24, 2.45) is 0 Å². The molecule has 0 fully saturated rings. The molecule has 3 atom stereocenters. The molecular formula is C29H30N2O6S. The number of rotatable bonds is 10. The van der Waals surface area contributed by atoms with Crippen LogP contribution in [-0.4, -0.2) is 54.1 Å². The third-order valence-electron chi connectivity index (χ3n) is 6.34. The summed E-state index contributed by atoms with van der Waals surface area (Å²) >= 11 is 1.50. The van der Waals surface area contributed by atoms with Gasteiger partial charge < -0.3 is 19.5 Å². The minimum Gasteiger partial charge on any atom is -0.493 e. The van der Waals surface area contributed by atoms with Crippen molar-refractivity contribution in [3.8, 4) is 11.5 Å². The molecule has 0 bridgehead atoms. The van der Waals surface area contributed by atoms with Gasteiger partial charge in [-0.25, -0.2) is 9.78 Å². The number of fused-ring (bicyclic) bond motifs is 1. The Balaban J connectivity index is 1.48. The second-order valence-corrected chi connectivity index (χ2v) is 9.86. The molecule has 8 nitrogen and oxygen atoms in total. The Hall–Kier alpha value is -3.85. The molecule has 9 heteroatoms. The summed E-state index contributed by atoms with van der Waals surface area (Å²) in [7, 11) is 1.40. The number of hydrogen-bond acceptors (Lipinski definition) is 8. The molecule has 1 heterocycles. The average molecular weight is 535 g/mol. The minimum atomic E-state index is -0.976. The summed E-state index contributed by atoms with van der Waals surface area (Å²) in [6.07, 6.45) is 3.58. The summed E-state index contributed by atoms with van der Waals surface area (Å²) in [5, 5.41) is 2.63. The second kappa shape index (κ2) is 12.6. The number of nitrogens with one attached hydrogen (secondary N) is 1. The highest BCUT2D eigenvalue weighted by molar-refractivity contribution is 7.98. The third kappa shape index (κ3) is 6.16. The van der Waals surface area contributed by atoms with Crippen molar-refractivity contribution >= 4 is 29.6 Å². The van der Waals surface area contributed by atoms with Crippen LogP contribution >= 0.6 is 11.8 Å². The number of carbonyl (C=O) groups is 3. The molecule has 0 spiro atoms. The minimum absolute atomic E-state index is 0.0884. The van der Waals surface area contributed by atoms with Crippen molar-refractivity contribution in [1.29, 1.82) is 0 Å². The standard InChI is InChI=1S/C29H30N2O6S/c1-18(31-28(33)26-27(22(35-2)13-15-30-26)37-24(32)14-16-38-3)29(34)36-23-17-20-11-7-8-12-21(20)25(23)19-9-5-4-6-10-19/h4-13,15,18,23,25H,14,16-17H2,1-3H3,(H,31,33)/t18-,23?,25?/m0/s1. The molecule has 1 N–H and O–H groups in total. The summed E-state index contributed by atoms with van der Waals surface area (Å²) in [4.78, 5) is 42.6. The topological polar surface area (TPSA) is 104 Å². The molecular weight excluding hydrogens is 504 g/mol. The molecule has 2 unspecified atom stereocenters. The van der Waals surface area contributed by atoms with Crippen LogP contribution in [0, 0.1) is 0 Å². The summed E-state index contributed by atoms with van der Waals surface area (Å²) in [5.41, 5.74) is 3.16. The van der Waals surface area contributed by atoms with Gasteiger partial charge in [-0.05, 0) is 29.9 Å². The molecule has 2 aromatic carbocycles. The summed E-state index contributed by atoms with van der Waals surface area (Å²) in [5.74, 6) is -1.21. The van der Waals surface area contributed by atoms with Gasteiger partial charge in [0.25, 0.3) is 5.91 Å². The van der Waals surface area contributed by atoms with Crippen LogP contribution in [0.1, 0.15) is 46.4 Å². The van der Waals surface area contributed by atoms with E-state index in [0.717, 1.165) is 16.7 Å². The van der Waals surface area contributed by atoms with Crippen LogP contribution < -0.4 is 14.8 Å². The van der Waals surface area contributed by atoms with E-state index in [1.807, 2.05) is 54.8 Å².